The van der Waals surface area contributed by atoms with Crippen LogP contribution in [0.4, 0.5) is 5.69 Å². The number of carbonyl (C=O) groups is 2. The highest BCUT2D eigenvalue weighted by Gasteiger charge is 2.25. The van der Waals surface area contributed by atoms with Gasteiger partial charge in [0, 0.05) is 17.3 Å². The molecule has 7 nitrogen and oxygen atoms in total. The van der Waals surface area contributed by atoms with Crippen molar-refractivity contribution in [3.8, 4) is 0 Å². The van der Waals surface area contributed by atoms with Gasteiger partial charge in [0.1, 0.15) is 0 Å². The fourth-order valence-electron chi connectivity index (χ4n) is 3.85. The normalized spacial score (nSPS) is 12.1. The molecule has 3 rings (SSSR count). The lowest BCUT2D eigenvalue weighted by Crippen LogP contribution is -2.31. The number of nitrogens with zero attached hydrogens (tertiary/aromatic N) is 3. The molecule has 2 amide bonds. The van der Waals surface area contributed by atoms with Crippen molar-refractivity contribution in [2.45, 2.75) is 64.7 Å². The minimum atomic E-state index is -0.380. The van der Waals surface area contributed by atoms with E-state index in [1.165, 1.54) is 17.3 Å². The second kappa shape index (κ2) is 13.3. The van der Waals surface area contributed by atoms with Crippen LogP contribution in [0.5, 0.6) is 0 Å². The van der Waals surface area contributed by atoms with Gasteiger partial charge in [0.15, 0.2) is 11.0 Å². The van der Waals surface area contributed by atoms with E-state index in [0.29, 0.717) is 40.5 Å². The Hall–Kier alpha value is -2.55. The molecule has 1 aromatic heterocycles. The number of anilines is 1. The van der Waals surface area contributed by atoms with Crippen molar-refractivity contribution < 1.29 is 9.59 Å². The minimum absolute atomic E-state index is 0.126. The van der Waals surface area contributed by atoms with Crippen LogP contribution in [0.15, 0.2) is 47.6 Å². The predicted octanol–water partition coefficient (Wildman–Crippen LogP) is 6.98. The molecule has 0 saturated heterocycles. The van der Waals surface area contributed by atoms with E-state index in [0.717, 1.165) is 5.69 Å². The molecule has 2 N–H and O–H groups in total. The third kappa shape index (κ3) is 7.97. The number of aromatic nitrogens is 3. The van der Waals surface area contributed by atoms with Crippen LogP contribution in [-0.4, -0.2) is 32.3 Å². The lowest BCUT2D eigenvalue weighted by molar-refractivity contribution is -0.113. The number of halogens is 2. The summed E-state index contributed by atoms with van der Waals surface area (Å²) in [5, 5.41) is 16.1. The third-order valence-corrected chi connectivity index (χ3v) is 7.27. The molecule has 198 valence electrons. The Kier molecular flexibility index (Phi) is 10.4. The molecule has 0 fully saturated rings. The fourth-order valence-corrected chi connectivity index (χ4v) is 5.15. The number of rotatable bonds is 11. The van der Waals surface area contributed by atoms with Crippen molar-refractivity contribution in [1.82, 2.24) is 20.1 Å². The van der Waals surface area contributed by atoms with E-state index >= 15 is 0 Å². The van der Waals surface area contributed by atoms with E-state index in [1.807, 2.05) is 35.8 Å². The summed E-state index contributed by atoms with van der Waals surface area (Å²) >= 11 is 13.5. The van der Waals surface area contributed by atoms with E-state index in [-0.39, 0.29) is 34.5 Å². The zero-order chi connectivity index (χ0) is 27.1. The molecule has 0 saturated carbocycles. The van der Waals surface area contributed by atoms with Gasteiger partial charge in [-0.3, -0.25) is 9.59 Å². The van der Waals surface area contributed by atoms with Gasteiger partial charge < -0.3 is 15.2 Å². The summed E-state index contributed by atoms with van der Waals surface area (Å²) in [5.41, 5.74) is 2.32. The van der Waals surface area contributed by atoms with Gasteiger partial charge in [-0.2, -0.15) is 0 Å². The van der Waals surface area contributed by atoms with Crippen LogP contribution < -0.4 is 10.6 Å². The van der Waals surface area contributed by atoms with Gasteiger partial charge in [-0.05, 0) is 61.1 Å². The average Bonchev–Trinajstić information content (AvgIpc) is 3.25. The van der Waals surface area contributed by atoms with Gasteiger partial charge in [0.05, 0.1) is 22.4 Å². The Labute approximate surface area is 232 Å². The van der Waals surface area contributed by atoms with Crippen molar-refractivity contribution in [3.63, 3.8) is 0 Å². The number of amides is 2. The van der Waals surface area contributed by atoms with Crippen LogP contribution in [-0.2, 0) is 11.3 Å². The molecular formula is C27H33Cl2N5O2S. The van der Waals surface area contributed by atoms with E-state index in [1.54, 1.807) is 18.2 Å². The Morgan fingerprint density at radius 2 is 1.73 bits per heavy atom. The van der Waals surface area contributed by atoms with Crippen LogP contribution in [0.25, 0.3) is 0 Å². The molecule has 0 bridgehead atoms. The largest absolute Gasteiger partial charge is 0.342 e. The zero-order valence-electron chi connectivity index (χ0n) is 21.7. The maximum absolute atomic E-state index is 13.0. The molecule has 0 unspecified atom stereocenters. The lowest BCUT2D eigenvalue weighted by atomic mass is 10.0. The maximum atomic E-state index is 13.0. The highest BCUT2D eigenvalue weighted by molar-refractivity contribution is 7.99. The molecule has 0 aliphatic carbocycles. The molecule has 10 heteroatoms. The molecule has 1 heterocycles. The van der Waals surface area contributed by atoms with Crippen molar-refractivity contribution in [3.05, 3.63) is 69.5 Å². The molecule has 0 aliphatic heterocycles. The summed E-state index contributed by atoms with van der Waals surface area (Å²) in [6.07, 6.45) is 0.659. The first-order valence-electron chi connectivity index (χ1n) is 12.3. The number of carbonyl (C=O) groups excluding carboxylic acids is 2. The lowest BCUT2D eigenvalue weighted by Gasteiger charge is -2.21. The fraction of sp³-hybridized carbons (Fsp3) is 0.407. The number of nitrogens with one attached hydrogen (secondary N) is 2. The van der Waals surface area contributed by atoms with Crippen LogP contribution in [0.3, 0.4) is 0 Å². The molecule has 2 aromatic carbocycles. The first kappa shape index (κ1) is 29.0. The van der Waals surface area contributed by atoms with Crippen molar-refractivity contribution >= 4 is 52.5 Å². The summed E-state index contributed by atoms with van der Waals surface area (Å²) in [4.78, 5) is 25.6. The van der Waals surface area contributed by atoms with E-state index < -0.39 is 0 Å². The van der Waals surface area contributed by atoms with Gasteiger partial charge in [-0.1, -0.05) is 74.8 Å². The second-order valence-electron chi connectivity index (χ2n) is 9.48. The highest BCUT2D eigenvalue weighted by Crippen LogP contribution is 2.27. The van der Waals surface area contributed by atoms with Crippen molar-refractivity contribution in [2.75, 3.05) is 11.1 Å². The topological polar surface area (TPSA) is 88.9 Å². The molecule has 0 radical (unpaired) electrons. The van der Waals surface area contributed by atoms with Crippen LogP contribution in [0, 0.1) is 5.92 Å². The minimum Gasteiger partial charge on any atom is -0.342 e. The summed E-state index contributed by atoms with van der Waals surface area (Å²) in [7, 11) is 0. The van der Waals surface area contributed by atoms with Gasteiger partial charge in [-0.15, -0.1) is 10.2 Å². The quantitative estimate of drug-likeness (QED) is 0.246. The zero-order valence-corrected chi connectivity index (χ0v) is 24.0. The molecule has 37 heavy (non-hydrogen) atoms. The second-order valence-corrected chi connectivity index (χ2v) is 11.3. The third-order valence-electron chi connectivity index (χ3n) is 5.76. The van der Waals surface area contributed by atoms with E-state index in [4.69, 9.17) is 23.2 Å². The summed E-state index contributed by atoms with van der Waals surface area (Å²) in [6, 6.07) is 12.3. The Morgan fingerprint density at radius 3 is 2.32 bits per heavy atom. The summed E-state index contributed by atoms with van der Waals surface area (Å²) in [6.45, 7) is 11.0. The van der Waals surface area contributed by atoms with Gasteiger partial charge >= 0.3 is 0 Å². The number of thioether (sulfide) groups is 1. The van der Waals surface area contributed by atoms with E-state index in [9.17, 15) is 9.59 Å². The molecular weight excluding hydrogens is 529 g/mol. The Bertz CT molecular complexity index is 1230. The van der Waals surface area contributed by atoms with Crippen molar-refractivity contribution in [1.29, 1.82) is 0 Å². The molecule has 1 atom stereocenters. The highest BCUT2D eigenvalue weighted by atomic mass is 35.5. The summed E-state index contributed by atoms with van der Waals surface area (Å²) < 4.78 is 1.94. The average molecular weight is 563 g/mol. The SMILES string of the molecule is CCn1c(SCC(=O)Nc2ccc(C(C)C)cc2)nnc1[C@H](CC(C)C)NC(=O)c1ccc(Cl)cc1Cl. The number of hydrogen-bond acceptors (Lipinski definition) is 5. The number of hydrogen-bond donors (Lipinski definition) is 2. The Balaban J connectivity index is 1.71. The van der Waals surface area contributed by atoms with Gasteiger partial charge in [0.2, 0.25) is 5.91 Å². The van der Waals surface area contributed by atoms with Crippen LogP contribution >= 0.6 is 35.0 Å². The van der Waals surface area contributed by atoms with Gasteiger partial charge in [-0.25, -0.2) is 0 Å². The van der Waals surface area contributed by atoms with E-state index in [2.05, 4.69) is 48.5 Å². The number of benzene rings is 2. The van der Waals surface area contributed by atoms with Crippen LogP contribution in [0.2, 0.25) is 10.0 Å². The van der Waals surface area contributed by atoms with Crippen molar-refractivity contribution in [2.24, 2.45) is 5.92 Å². The summed E-state index contributed by atoms with van der Waals surface area (Å²) in [5.74, 6) is 1.11. The molecule has 3 aromatic rings. The maximum Gasteiger partial charge on any atom is 0.253 e. The standard InChI is InChI=1S/C27H33Cl2N5O2S/c1-6-34-25(23(13-16(2)3)31-26(36)21-12-9-19(28)14-22(21)29)32-33-27(34)37-15-24(35)30-20-10-7-18(8-11-20)17(4)5/h7-12,14,16-17,23H,6,13,15H2,1-5H3,(H,30,35)(H,31,36)/t23-/m0/s1. The first-order valence-corrected chi connectivity index (χ1v) is 14.0. The predicted molar refractivity (Wildman–Crippen MR) is 152 cm³/mol. The van der Waals surface area contributed by atoms with Crippen LogP contribution in [0.1, 0.15) is 74.7 Å². The van der Waals surface area contributed by atoms with Gasteiger partial charge in [0.25, 0.3) is 5.91 Å². The Morgan fingerprint density at radius 1 is 1.03 bits per heavy atom. The monoisotopic (exact) mass is 561 g/mol. The smallest absolute Gasteiger partial charge is 0.253 e. The molecule has 0 spiro atoms. The first-order chi connectivity index (χ1) is 17.6. The molecule has 0 aliphatic rings.